The van der Waals surface area contributed by atoms with Gasteiger partial charge in [-0.25, -0.2) is 4.68 Å². The standard InChI is InChI=1S/C13H17N3O/c1-10-4-6-12(7-5-10)16-13(17)11(9-15-16)3-2-8-14/h4-7,9,15H,2-3,8,14H2,1H3. The van der Waals surface area contributed by atoms with Crippen LogP contribution < -0.4 is 11.3 Å². The second-order valence-electron chi connectivity index (χ2n) is 4.17. The Labute approximate surface area is 100 Å². The van der Waals surface area contributed by atoms with Gasteiger partial charge in [0.15, 0.2) is 0 Å². The summed E-state index contributed by atoms with van der Waals surface area (Å²) in [5.74, 6) is 0. The molecule has 90 valence electrons. The van der Waals surface area contributed by atoms with E-state index in [9.17, 15) is 4.79 Å². The molecule has 0 radical (unpaired) electrons. The first-order valence-electron chi connectivity index (χ1n) is 5.79. The molecule has 0 aliphatic heterocycles. The van der Waals surface area contributed by atoms with Gasteiger partial charge in [0.2, 0.25) is 0 Å². The highest BCUT2D eigenvalue weighted by atomic mass is 16.1. The molecule has 3 N–H and O–H groups in total. The number of aromatic nitrogens is 2. The van der Waals surface area contributed by atoms with Crippen LogP contribution in [-0.4, -0.2) is 16.3 Å². The lowest BCUT2D eigenvalue weighted by atomic mass is 10.2. The minimum Gasteiger partial charge on any atom is -0.330 e. The summed E-state index contributed by atoms with van der Waals surface area (Å²) in [5.41, 5.74) is 8.28. The molecule has 0 saturated carbocycles. The number of nitrogens with two attached hydrogens (primary N) is 1. The van der Waals surface area contributed by atoms with E-state index < -0.39 is 0 Å². The third kappa shape index (κ3) is 2.47. The molecule has 0 fully saturated rings. The average molecular weight is 231 g/mol. The highest BCUT2D eigenvalue weighted by Gasteiger charge is 2.06. The Morgan fingerprint density at radius 3 is 2.65 bits per heavy atom. The van der Waals surface area contributed by atoms with E-state index in [0.717, 1.165) is 24.1 Å². The van der Waals surface area contributed by atoms with E-state index in [1.54, 1.807) is 10.9 Å². The Hall–Kier alpha value is -1.81. The monoisotopic (exact) mass is 231 g/mol. The second kappa shape index (κ2) is 5.01. The van der Waals surface area contributed by atoms with Crippen LogP contribution in [0.3, 0.4) is 0 Å². The number of H-pyrrole nitrogens is 1. The van der Waals surface area contributed by atoms with E-state index in [-0.39, 0.29) is 5.56 Å². The van der Waals surface area contributed by atoms with Gasteiger partial charge in [-0.3, -0.25) is 9.89 Å². The number of rotatable bonds is 4. The number of benzene rings is 1. The summed E-state index contributed by atoms with van der Waals surface area (Å²) < 4.78 is 1.56. The third-order valence-corrected chi connectivity index (χ3v) is 2.79. The van der Waals surface area contributed by atoms with Gasteiger partial charge < -0.3 is 5.73 Å². The Morgan fingerprint density at radius 2 is 2.00 bits per heavy atom. The van der Waals surface area contributed by atoms with Crippen molar-refractivity contribution in [3.8, 4) is 5.69 Å². The number of hydrogen-bond acceptors (Lipinski definition) is 2. The van der Waals surface area contributed by atoms with Crippen molar-refractivity contribution in [2.45, 2.75) is 19.8 Å². The van der Waals surface area contributed by atoms with Crippen molar-refractivity contribution in [2.24, 2.45) is 5.73 Å². The zero-order valence-electron chi connectivity index (χ0n) is 9.94. The average Bonchev–Trinajstić information content (AvgIpc) is 2.69. The van der Waals surface area contributed by atoms with Gasteiger partial charge in [-0.2, -0.15) is 0 Å². The molecular weight excluding hydrogens is 214 g/mol. The van der Waals surface area contributed by atoms with E-state index >= 15 is 0 Å². The van der Waals surface area contributed by atoms with E-state index in [1.165, 1.54) is 5.56 Å². The lowest BCUT2D eigenvalue weighted by Gasteiger charge is -2.01. The summed E-state index contributed by atoms with van der Waals surface area (Å²) in [5, 5.41) is 2.98. The highest BCUT2D eigenvalue weighted by molar-refractivity contribution is 5.34. The zero-order chi connectivity index (χ0) is 12.3. The van der Waals surface area contributed by atoms with Crippen LogP contribution in [0.4, 0.5) is 0 Å². The van der Waals surface area contributed by atoms with Gasteiger partial charge in [0.25, 0.3) is 5.56 Å². The van der Waals surface area contributed by atoms with Crippen molar-refractivity contribution >= 4 is 0 Å². The molecule has 4 nitrogen and oxygen atoms in total. The highest BCUT2D eigenvalue weighted by Crippen LogP contribution is 2.06. The Balaban J connectivity index is 2.31. The summed E-state index contributed by atoms with van der Waals surface area (Å²) in [6.07, 6.45) is 3.32. The Morgan fingerprint density at radius 1 is 1.29 bits per heavy atom. The van der Waals surface area contributed by atoms with Crippen molar-refractivity contribution in [3.63, 3.8) is 0 Å². The molecule has 1 heterocycles. The van der Waals surface area contributed by atoms with Gasteiger partial charge >= 0.3 is 0 Å². The van der Waals surface area contributed by atoms with Crippen LogP contribution in [0.1, 0.15) is 17.5 Å². The molecule has 0 atom stereocenters. The minimum absolute atomic E-state index is 0.0160. The lowest BCUT2D eigenvalue weighted by molar-refractivity contribution is 0.816. The molecule has 1 aromatic carbocycles. The molecular formula is C13H17N3O. The number of hydrogen-bond donors (Lipinski definition) is 2. The van der Waals surface area contributed by atoms with Gasteiger partial charge in [-0.1, -0.05) is 17.7 Å². The molecule has 0 amide bonds. The molecule has 17 heavy (non-hydrogen) atoms. The molecule has 0 bridgehead atoms. The Kier molecular flexibility index (Phi) is 3.44. The number of aryl methyl sites for hydroxylation is 2. The summed E-state index contributed by atoms with van der Waals surface area (Å²) in [6.45, 7) is 2.63. The van der Waals surface area contributed by atoms with Crippen LogP contribution >= 0.6 is 0 Å². The zero-order valence-corrected chi connectivity index (χ0v) is 9.94. The van der Waals surface area contributed by atoms with Gasteiger partial charge in [0.05, 0.1) is 5.69 Å². The van der Waals surface area contributed by atoms with Crippen LogP contribution in [0.5, 0.6) is 0 Å². The SMILES string of the molecule is Cc1ccc(-n2[nH]cc(CCCN)c2=O)cc1. The molecule has 0 saturated heterocycles. The molecule has 1 aromatic heterocycles. The van der Waals surface area contributed by atoms with Crippen LogP contribution in [0.15, 0.2) is 35.3 Å². The molecule has 0 aliphatic carbocycles. The predicted molar refractivity (Wildman–Crippen MR) is 68.5 cm³/mol. The molecule has 0 unspecified atom stereocenters. The maximum Gasteiger partial charge on any atom is 0.274 e. The fraction of sp³-hybridized carbons (Fsp3) is 0.308. The van der Waals surface area contributed by atoms with E-state index in [0.29, 0.717) is 6.54 Å². The van der Waals surface area contributed by atoms with Crippen molar-refractivity contribution in [3.05, 3.63) is 51.9 Å². The van der Waals surface area contributed by atoms with Gasteiger partial charge in [0.1, 0.15) is 0 Å². The third-order valence-electron chi connectivity index (χ3n) is 2.79. The molecule has 4 heteroatoms. The maximum atomic E-state index is 12.1. The number of aromatic amines is 1. The fourth-order valence-electron chi connectivity index (χ4n) is 1.76. The molecule has 2 aromatic rings. The quantitative estimate of drug-likeness (QED) is 0.834. The summed E-state index contributed by atoms with van der Waals surface area (Å²) in [4.78, 5) is 12.1. The van der Waals surface area contributed by atoms with Crippen molar-refractivity contribution in [2.75, 3.05) is 6.54 Å². The molecule has 2 rings (SSSR count). The first-order chi connectivity index (χ1) is 8.22. The first-order valence-corrected chi connectivity index (χ1v) is 5.79. The van der Waals surface area contributed by atoms with Gasteiger partial charge in [0, 0.05) is 11.8 Å². The second-order valence-corrected chi connectivity index (χ2v) is 4.17. The van der Waals surface area contributed by atoms with Crippen LogP contribution in [0.2, 0.25) is 0 Å². The smallest absolute Gasteiger partial charge is 0.274 e. The van der Waals surface area contributed by atoms with E-state index in [4.69, 9.17) is 5.73 Å². The largest absolute Gasteiger partial charge is 0.330 e. The summed E-state index contributed by atoms with van der Waals surface area (Å²) in [7, 11) is 0. The number of nitrogens with one attached hydrogen (secondary N) is 1. The minimum atomic E-state index is 0.0160. The lowest BCUT2D eigenvalue weighted by Crippen LogP contribution is -2.17. The molecule has 0 spiro atoms. The molecule has 0 aliphatic rings. The van der Waals surface area contributed by atoms with Gasteiger partial charge in [-0.15, -0.1) is 0 Å². The van der Waals surface area contributed by atoms with Crippen LogP contribution in [0.25, 0.3) is 5.69 Å². The summed E-state index contributed by atoms with van der Waals surface area (Å²) >= 11 is 0. The summed E-state index contributed by atoms with van der Waals surface area (Å²) in [6, 6.07) is 7.84. The van der Waals surface area contributed by atoms with E-state index in [2.05, 4.69) is 5.10 Å². The maximum absolute atomic E-state index is 12.1. The normalized spacial score (nSPS) is 10.7. The van der Waals surface area contributed by atoms with Crippen LogP contribution in [-0.2, 0) is 6.42 Å². The Bertz CT molecular complexity index is 537. The van der Waals surface area contributed by atoms with Crippen molar-refractivity contribution < 1.29 is 0 Å². The first kappa shape index (κ1) is 11.7. The predicted octanol–water partition coefficient (Wildman–Crippen LogP) is 1.37. The fourth-order valence-corrected chi connectivity index (χ4v) is 1.76. The van der Waals surface area contributed by atoms with Crippen molar-refractivity contribution in [1.29, 1.82) is 0 Å². The van der Waals surface area contributed by atoms with Crippen LogP contribution in [0, 0.1) is 6.92 Å². The van der Waals surface area contributed by atoms with E-state index in [1.807, 2.05) is 31.2 Å². The topological polar surface area (TPSA) is 63.8 Å². The number of nitrogens with zero attached hydrogens (tertiary/aromatic N) is 1. The van der Waals surface area contributed by atoms with Gasteiger partial charge in [-0.05, 0) is 38.4 Å². The van der Waals surface area contributed by atoms with Crippen molar-refractivity contribution in [1.82, 2.24) is 9.78 Å².